The third-order valence-corrected chi connectivity index (χ3v) is 5.93. The maximum atomic E-state index is 12.1. The third kappa shape index (κ3) is 6.24. The van der Waals surface area contributed by atoms with Gasteiger partial charge in [0, 0.05) is 7.11 Å². The van der Waals surface area contributed by atoms with E-state index in [2.05, 4.69) is 17.5 Å². The molecule has 32 heavy (non-hydrogen) atoms. The molecule has 1 fully saturated rings. The van der Waals surface area contributed by atoms with Crippen molar-refractivity contribution in [3.63, 3.8) is 0 Å². The van der Waals surface area contributed by atoms with E-state index in [-0.39, 0.29) is 18.2 Å². The first-order chi connectivity index (χ1) is 15.4. The molecular formula is C26H32N2O4. The number of nitrogens with zero attached hydrogens (tertiary/aromatic N) is 1. The van der Waals surface area contributed by atoms with Crippen LogP contribution in [0.4, 0.5) is 4.79 Å². The normalized spacial score (nSPS) is 19.3. The quantitative estimate of drug-likeness (QED) is 0.430. The Morgan fingerprint density at radius 3 is 2.69 bits per heavy atom. The number of amides is 1. The molecule has 1 aromatic carbocycles. The van der Waals surface area contributed by atoms with Crippen LogP contribution in [0.1, 0.15) is 44.2 Å². The van der Waals surface area contributed by atoms with Crippen LogP contribution in [0, 0.1) is 24.2 Å². The highest BCUT2D eigenvalue weighted by atomic mass is 16.6. The number of methoxy groups -OCH3 is 1. The Bertz CT molecular complexity index is 967. The molecule has 1 saturated carbocycles. The Morgan fingerprint density at radius 2 is 2.09 bits per heavy atom. The van der Waals surface area contributed by atoms with Crippen LogP contribution in [0.3, 0.4) is 0 Å². The molecule has 3 rings (SSSR count). The minimum Gasteiger partial charge on any atom is -0.491 e. The predicted octanol–water partition coefficient (Wildman–Crippen LogP) is 5.10. The Kier molecular flexibility index (Phi) is 8.13. The average Bonchev–Trinajstić information content (AvgIpc) is 3.62. The van der Waals surface area contributed by atoms with Gasteiger partial charge in [-0.3, -0.25) is 0 Å². The fourth-order valence-corrected chi connectivity index (χ4v) is 3.76. The number of carbonyl (C=O) groups is 1. The molecule has 170 valence electrons. The first-order valence-corrected chi connectivity index (χ1v) is 11.1. The summed E-state index contributed by atoms with van der Waals surface area (Å²) in [5, 5.41) is 12.8. The Hall–Kier alpha value is -3.04. The van der Waals surface area contributed by atoms with Gasteiger partial charge in [0.05, 0.1) is 18.2 Å². The van der Waals surface area contributed by atoms with Crippen LogP contribution in [0.5, 0.6) is 5.75 Å². The second-order valence-corrected chi connectivity index (χ2v) is 8.38. The van der Waals surface area contributed by atoms with E-state index in [0.717, 1.165) is 40.9 Å². The number of ether oxygens (including phenoxy) is 3. The molecule has 2 atom stereocenters. The highest BCUT2D eigenvalue weighted by Gasteiger charge is 2.31. The number of nitriles is 1. The lowest BCUT2D eigenvalue weighted by Gasteiger charge is -2.20. The number of benzene rings is 1. The SMILES string of the molecule is COCCOc1ccc(/C(C#N)=C(\C)C2=CCC(NC(=O)OC(C)C3CC3)C=C2)c(C)c1. The molecule has 2 unspecified atom stereocenters. The molecule has 0 spiro atoms. The van der Waals surface area contributed by atoms with Crippen molar-refractivity contribution in [3.05, 3.63) is 58.7 Å². The monoisotopic (exact) mass is 436 g/mol. The molecule has 0 saturated heterocycles. The highest BCUT2D eigenvalue weighted by Crippen LogP contribution is 2.34. The van der Waals surface area contributed by atoms with E-state index in [1.54, 1.807) is 7.11 Å². The second kappa shape index (κ2) is 11.0. The van der Waals surface area contributed by atoms with Gasteiger partial charge < -0.3 is 19.5 Å². The summed E-state index contributed by atoms with van der Waals surface area (Å²) in [4.78, 5) is 12.1. The van der Waals surface area contributed by atoms with Crippen LogP contribution >= 0.6 is 0 Å². The zero-order chi connectivity index (χ0) is 23.1. The standard InChI is InChI=1S/C26H32N2O4/c1-17-15-23(31-14-13-30-4)11-12-24(17)25(16-27)18(2)20-7-9-22(10-8-20)28-26(29)32-19(3)21-5-6-21/h7-9,11-12,15,19,21-22H,5-6,10,13-14H2,1-4H3,(H,28,29)/b25-18+. The lowest BCUT2D eigenvalue weighted by molar-refractivity contribution is 0.0938. The van der Waals surface area contributed by atoms with Gasteiger partial charge in [0.25, 0.3) is 0 Å². The van der Waals surface area contributed by atoms with E-state index in [9.17, 15) is 10.1 Å². The van der Waals surface area contributed by atoms with Crippen LogP contribution in [0.15, 0.2) is 47.6 Å². The number of nitrogens with one attached hydrogen (secondary N) is 1. The van der Waals surface area contributed by atoms with Gasteiger partial charge in [-0.2, -0.15) is 5.26 Å². The van der Waals surface area contributed by atoms with Crippen molar-refractivity contribution in [2.75, 3.05) is 20.3 Å². The predicted molar refractivity (Wildman–Crippen MR) is 124 cm³/mol. The summed E-state index contributed by atoms with van der Waals surface area (Å²) in [5.74, 6) is 1.27. The second-order valence-electron chi connectivity index (χ2n) is 8.38. The number of hydrogen-bond donors (Lipinski definition) is 1. The molecular weight excluding hydrogens is 404 g/mol. The molecule has 2 aliphatic carbocycles. The van der Waals surface area contributed by atoms with Crippen molar-refractivity contribution in [2.24, 2.45) is 5.92 Å². The maximum absolute atomic E-state index is 12.1. The zero-order valence-corrected chi connectivity index (χ0v) is 19.3. The summed E-state index contributed by atoms with van der Waals surface area (Å²) < 4.78 is 16.1. The number of carbonyl (C=O) groups excluding carboxylic acids is 1. The lowest BCUT2D eigenvalue weighted by atomic mass is 9.90. The van der Waals surface area contributed by atoms with Gasteiger partial charge in [-0.05, 0) is 86.4 Å². The molecule has 0 radical (unpaired) electrons. The number of rotatable bonds is 9. The summed E-state index contributed by atoms with van der Waals surface area (Å²) in [7, 11) is 1.64. The largest absolute Gasteiger partial charge is 0.491 e. The smallest absolute Gasteiger partial charge is 0.407 e. The first-order valence-electron chi connectivity index (χ1n) is 11.1. The van der Waals surface area contributed by atoms with E-state index in [0.29, 0.717) is 31.1 Å². The van der Waals surface area contributed by atoms with Crippen molar-refractivity contribution in [1.29, 1.82) is 5.26 Å². The van der Waals surface area contributed by atoms with Crippen molar-refractivity contribution >= 4 is 11.7 Å². The minimum absolute atomic E-state index is 0.0305. The van der Waals surface area contributed by atoms with Crippen LogP contribution in [-0.4, -0.2) is 38.6 Å². The fraction of sp³-hybridized carbons (Fsp3) is 0.462. The molecule has 6 heteroatoms. The molecule has 0 aromatic heterocycles. The number of aryl methyl sites for hydroxylation is 1. The number of alkyl carbamates (subject to hydrolysis) is 1. The molecule has 1 amide bonds. The fourth-order valence-electron chi connectivity index (χ4n) is 3.76. The average molecular weight is 437 g/mol. The molecule has 0 aliphatic heterocycles. The van der Waals surface area contributed by atoms with Gasteiger partial charge in [0.15, 0.2) is 0 Å². The summed E-state index contributed by atoms with van der Waals surface area (Å²) in [6, 6.07) is 7.99. The number of hydrogen-bond acceptors (Lipinski definition) is 5. The van der Waals surface area contributed by atoms with Crippen LogP contribution in [0.2, 0.25) is 0 Å². The summed E-state index contributed by atoms with van der Waals surface area (Å²) in [5.41, 5.74) is 4.38. The highest BCUT2D eigenvalue weighted by molar-refractivity contribution is 5.84. The third-order valence-electron chi connectivity index (χ3n) is 5.93. The van der Waals surface area contributed by atoms with Crippen molar-refractivity contribution in [1.82, 2.24) is 5.32 Å². The first kappa shape index (κ1) is 23.6. The number of allylic oxidation sites excluding steroid dienone is 4. The molecule has 1 N–H and O–H groups in total. The lowest BCUT2D eigenvalue weighted by Crippen LogP contribution is -2.36. The van der Waals surface area contributed by atoms with Gasteiger partial charge in [0.1, 0.15) is 24.5 Å². The van der Waals surface area contributed by atoms with Crippen molar-refractivity contribution in [2.45, 2.75) is 52.2 Å². The van der Waals surface area contributed by atoms with Crippen LogP contribution < -0.4 is 10.1 Å². The van der Waals surface area contributed by atoms with E-state index in [1.807, 2.05) is 51.1 Å². The Balaban J connectivity index is 1.65. The zero-order valence-electron chi connectivity index (χ0n) is 19.3. The Labute approximate surface area is 190 Å². The molecule has 2 aliphatic rings. The van der Waals surface area contributed by atoms with Gasteiger partial charge in [0.2, 0.25) is 0 Å². The summed E-state index contributed by atoms with van der Waals surface area (Å²) in [6.07, 6.45) is 8.50. The maximum Gasteiger partial charge on any atom is 0.407 e. The molecule has 6 nitrogen and oxygen atoms in total. The topological polar surface area (TPSA) is 80.6 Å². The summed E-state index contributed by atoms with van der Waals surface area (Å²) in [6.45, 7) is 6.88. The molecule has 0 bridgehead atoms. The van der Waals surface area contributed by atoms with Crippen LogP contribution in [0.25, 0.3) is 5.57 Å². The van der Waals surface area contributed by atoms with E-state index in [1.165, 1.54) is 0 Å². The van der Waals surface area contributed by atoms with E-state index < -0.39 is 0 Å². The summed E-state index contributed by atoms with van der Waals surface area (Å²) >= 11 is 0. The van der Waals surface area contributed by atoms with Gasteiger partial charge in [-0.25, -0.2) is 4.79 Å². The van der Waals surface area contributed by atoms with E-state index >= 15 is 0 Å². The van der Waals surface area contributed by atoms with Gasteiger partial charge in [-0.1, -0.05) is 18.2 Å². The molecule has 0 heterocycles. The minimum atomic E-state index is -0.371. The van der Waals surface area contributed by atoms with Crippen molar-refractivity contribution < 1.29 is 19.0 Å². The van der Waals surface area contributed by atoms with Gasteiger partial charge in [-0.15, -0.1) is 0 Å². The van der Waals surface area contributed by atoms with Crippen LogP contribution in [-0.2, 0) is 9.47 Å². The Morgan fingerprint density at radius 1 is 1.31 bits per heavy atom. The van der Waals surface area contributed by atoms with Crippen molar-refractivity contribution in [3.8, 4) is 11.8 Å². The van der Waals surface area contributed by atoms with E-state index in [4.69, 9.17) is 14.2 Å². The van der Waals surface area contributed by atoms with Gasteiger partial charge >= 0.3 is 6.09 Å². The molecule has 1 aromatic rings.